The molecule has 0 fully saturated rings. The fourth-order valence-corrected chi connectivity index (χ4v) is 4.96. The third-order valence-corrected chi connectivity index (χ3v) is 7.31. The maximum atomic E-state index is 13.8. The Morgan fingerprint density at radius 3 is 2.10 bits per heavy atom. The van der Waals surface area contributed by atoms with Crippen molar-refractivity contribution in [1.82, 2.24) is 10.2 Å². The van der Waals surface area contributed by atoms with Crippen molar-refractivity contribution in [1.29, 1.82) is 0 Å². The van der Waals surface area contributed by atoms with Crippen LogP contribution in [0.15, 0.2) is 103 Å². The second-order valence-electron chi connectivity index (χ2n) is 9.51. The Bertz CT molecular complexity index is 1400. The molecule has 0 spiro atoms. The molecule has 0 radical (unpaired) electrons. The first-order chi connectivity index (χ1) is 19.4. The summed E-state index contributed by atoms with van der Waals surface area (Å²) in [7, 11) is 1.61. The van der Waals surface area contributed by atoms with Crippen molar-refractivity contribution in [2.24, 2.45) is 0 Å². The molecular weight excluding hydrogens is 543 g/mol. The zero-order valence-electron chi connectivity index (χ0n) is 22.4. The number of nitrogens with one attached hydrogen (secondary N) is 1. The summed E-state index contributed by atoms with van der Waals surface area (Å²) in [6.07, 6.45) is 1.23. The van der Waals surface area contributed by atoms with E-state index in [4.69, 9.17) is 27.9 Å². The zero-order chi connectivity index (χ0) is 28.3. The van der Waals surface area contributed by atoms with E-state index in [2.05, 4.69) is 5.32 Å². The minimum atomic E-state index is -0.737. The Labute approximate surface area is 245 Å². The summed E-state index contributed by atoms with van der Waals surface area (Å²) in [4.78, 5) is 29.3. The Morgan fingerprint density at radius 2 is 1.48 bits per heavy atom. The molecule has 2 amide bonds. The van der Waals surface area contributed by atoms with Crippen LogP contribution in [0.3, 0.4) is 0 Å². The molecule has 40 heavy (non-hydrogen) atoms. The average molecular weight is 576 g/mol. The van der Waals surface area contributed by atoms with Crippen molar-refractivity contribution in [2.45, 2.75) is 38.4 Å². The smallest absolute Gasteiger partial charge is 0.243 e. The number of hydrogen-bond donors (Lipinski definition) is 1. The van der Waals surface area contributed by atoms with E-state index in [1.54, 1.807) is 30.2 Å². The van der Waals surface area contributed by atoms with Gasteiger partial charge in [0, 0.05) is 36.0 Å². The lowest BCUT2D eigenvalue weighted by Gasteiger charge is -2.32. The van der Waals surface area contributed by atoms with Gasteiger partial charge < -0.3 is 15.0 Å². The number of methoxy groups -OCH3 is 1. The summed E-state index contributed by atoms with van der Waals surface area (Å²) in [6, 6.07) is 31.6. The van der Waals surface area contributed by atoms with Gasteiger partial charge in [0.05, 0.1) is 7.11 Å². The Balaban J connectivity index is 1.62. The summed E-state index contributed by atoms with van der Waals surface area (Å²) < 4.78 is 5.30. The first-order valence-electron chi connectivity index (χ1n) is 13.1. The molecule has 4 rings (SSSR count). The zero-order valence-corrected chi connectivity index (χ0v) is 23.9. The molecule has 0 aliphatic carbocycles. The summed E-state index contributed by atoms with van der Waals surface area (Å²) in [5.74, 6) is 0.376. The molecule has 5 nitrogen and oxygen atoms in total. The topological polar surface area (TPSA) is 58.6 Å². The summed E-state index contributed by atoms with van der Waals surface area (Å²) in [5.41, 5.74) is 3.68. The van der Waals surface area contributed by atoms with Crippen molar-refractivity contribution < 1.29 is 14.3 Å². The van der Waals surface area contributed by atoms with Crippen LogP contribution in [0.1, 0.15) is 28.7 Å². The predicted octanol–water partition coefficient (Wildman–Crippen LogP) is 6.89. The van der Waals surface area contributed by atoms with E-state index in [0.29, 0.717) is 22.9 Å². The summed E-state index contributed by atoms with van der Waals surface area (Å²) in [5, 5.41) is 4.01. The number of carbonyl (C=O) groups excluding carboxylic acids is 2. The number of aryl methyl sites for hydroxylation is 1. The van der Waals surface area contributed by atoms with Gasteiger partial charge in [-0.15, -0.1) is 0 Å². The molecule has 0 bridgehead atoms. The molecule has 0 aromatic heterocycles. The number of carbonyl (C=O) groups is 2. The molecule has 7 heteroatoms. The lowest BCUT2D eigenvalue weighted by Crippen LogP contribution is -2.50. The molecule has 206 valence electrons. The van der Waals surface area contributed by atoms with Crippen LogP contribution in [0.5, 0.6) is 5.75 Å². The van der Waals surface area contributed by atoms with Crippen LogP contribution in [0.2, 0.25) is 10.0 Å². The molecule has 1 N–H and O–H groups in total. The number of benzene rings is 4. The predicted molar refractivity (Wildman–Crippen MR) is 161 cm³/mol. The number of hydrogen-bond acceptors (Lipinski definition) is 3. The second kappa shape index (κ2) is 14.5. The largest absolute Gasteiger partial charge is 0.497 e. The lowest BCUT2D eigenvalue weighted by molar-refractivity contribution is -0.141. The average Bonchev–Trinajstić information content (AvgIpc) is 2.98. The van der Waals surface area contributed by atoms with Crippen LogP contribution in [0, 0.1) is 0 Å². The van der Waals surface area contributed by atoms with Crippen molar-refractivity contribution in [3.05, 3.63) is 135 Å². The van der Waals surface area contributed by atoms with E-state index in [1.807, 2.05) is 84.9 Å². The first kappa shape index (κ1) is 29.2. The van der Waals surface area contributed by atoms with Crippen LogP contribution < -0.4 is 10.1 Å². The van der Waals surface area contributed by atoms with Gasteiger partial charge in [0.2, 0.25) is 11.8 Å². The Hall–Kier alpha value is -3.80. The van der Waals surface area contributed by atoms with Gasteiger partial charge in [0.1, 0.15) is 11.8 Å². The molecule has 0 aliphatic heterocycles. The normalized spacial score (nSPS) is 11.5. The molecule has 0 saturated carbocycles. The summed E-state index contributed by atoms with van der Waals surface area (Å²) in [6.45, 7) is 0.499. The van der Waals surface area contributed by atoms with Crippen LogP contribution in [-0.4, -0.2) is 29.9 Å². The lowest BCUT2D eigenvalue weighted by atomic mass is 10.0. The molecule has 4 aromatic rings. The van der Waals surface area contributed by atoms with Crippen LogP contribution >= 0.6 is 23.2 Å². The second-order valence-corrected chi connectivity index (χ2v) is 10.4. The van der Waals surface area contributed by atoms with E-state index < -0.39 is 6.04 Å². The monoisotopic (exact) mass is 574 g/mol. The van der Waals surface area contributed by atoms with Gasteiger partial charge in [-0.3, -0.25) is 9.59 Å². The molecule has 0 unspecified atom stereocenters. The van der Waals surface area contributed by atoms with Crippen molar-refractivity contribution in [3.8, 4) is 5.75 Å². The van der Waals surface area contributed by atoms with E-state index in [1.165, 1.54) is 0 Å². The summed E-state index contributed by atoms with van der Waals surface area (Å²) >= 11 is 12.4. The van der Waals surface area contributed by atoms with Gasteiger partial charge in [-0.05, 0) is 52.9 Å². The minimum absolute atomic E-state index is 0.0970. The van der Waals surface area contributed by atoms with Crippen LogP contribution in [0.4, 0.5) is 0 Å². The van der Waals surface area contributed by atoms with E-state index in [0.717, 1.165) is 28.0 Å². The van der Waals surface area contributed by atoms with Crippen molar-refractivity contribution >= 4 is 35.0 Å². The van der Waals surface area contributed by atoms with Crippen molar-refractivity contribution in [3.63, 3.8) is 0 Å². The number of rotatable bonds is 12. The number of halogens is 2. The van der Waals surface area contributed by atoms with Gasteiger partial charge in [-0.2, -0.15) is 0 Å². The van der Waals surface area contributed by atoms with Gasteiger partial charge >= 0.3 is 0 Å². The third-order valence-electron chi connectivity index (χ3n) is 6.72. The fraction of sp³-hybridized carbons (Fsp3) is 0.212. The van der Waals surface area contributed by atoms with Gasteiger partial charge in [-0.1, -0.05) is 102 Å². The van der Waals surface area contributed by atoms with Crippen molar-refractivity contribution in [2.75, 3.05) is 7.11 Å². The number of ether oxygens (including phenoxy) is 1. The first-order valence-corrected chi connectivity index (χ1v) is 13.9. The maximum Gasteiger partial charge on any atom is 0.243 e. The van der Waals surface area contributed by atoms with E-state index in [9.17, 15) is 9.59 Å². The number of nitrogens with zero attached hydrogens (tertiary/aromatic N) is 1. The molecule has 0 heterocycles. The van der Waals surface area contributed by atoms with Gasteiger partial charge in [0.15, 0.2) is 0 Å². The highest BCUT2D eigenvalue weighted by atomic mass is 35.5. The molecule has 1 atom stereocenters. The molecular formula is C33H32Cl2N2O3. The molecule has 4 aromatic carbocycles. The quantitative estimate of drug-likeness (QED) is 0.200. The van der Waals surface area contributed by atoms with E-state index in [-0.39, 0.29) is 31.3 Å². The fourth-order valence-electron chi connectivity index (χ4n) is 4.49. The van der Waals surface area contributed by atoms with E-state index >= 15 is 0 Å². The van der Waals surface area contributed by atoms with Gasteiger partial charge in [0.25, 0.3) is 0 Å². The highest BCUT2D eigenvalue weighted by Gasteiger charge is 2.30. The van der Waals surface area contributed by atoms with Crippen LogP contribution in [0.25, 0.3) is 0 Å². The third kappa shape index (κ3) is 8.35. The van der Waals surface area contributed by atoms with Crippen LogP contribution in [-0.2, 0) is 35.5 Å². The maximum absolute atomic E-state index is 13.8. The Kier molecular flexibility index (Phi) is 10.6. The number of amides is 2. The highest BCUT2D eigenvalue weighted by Crippen LogP contribution is 2.22. The SMILES string of the molecule is COc1ccc(CN(C(=O)CCc2ccccc2)[C@@H](Cc2ccccc2)C(=O)NCc2ccc(Cl)cc2Cl)cc1. The molecule has 0 saturated heterocycles. The standard InChI is InChI=1S/C33H32Cl2N2O3/c1-40-29-17-12-26(13-18-29)23-37(32(38)19-14-24-8-4-2-5-9-24)31(20-25-10-6-3-7-11-25)33(39)36-22-27-15-16-28(34)21-30(27)35/h2-13,15-18,21,31H,14,19-20,22-23H2,1H3,(H,36,39)/t31-/m0/s1. The highest BCUT2D eigenvalue weighted by molar-refractivity contribution is 6.35. The minimum Gasteiger partial charge on any atom is -0.497 e. The Morgan fingerprint density at radius 1 is 0.825 bits per heavy atom. The molecule has 0 aliphatic rings. The van der Waals surface area contributed by atoms with Gasteiger partial charge in [-0.25, -0.2) is 0 Å².